The largest absolute Gasteiger partial charge is 0.311 e. The van der Waals surface area contributed by atoms with Crippen molar-refractivity contribution >= 4 is 0 Å². The molecule has 1 nitrogen and oxygen atoms in total. The number of hydrogen-bond acceptors (Lipinski definition) is 1. The van der Waals surface area contributed by atoms with Crippen LogP contribution in [0, 0.1) is 5.41 Å². The second-order valence-electron chi connectivity index (χ2n) is 6.88. The minimum atomic E-state index is 0.512. The maximum atomic E-state index is 3.91. The van der Waals surface area contributed by atoms with Crippen molar-refractivity contribution in [1.29, 1.82) is 0 Å². The molecule has 0 aliphatic heterocycles. The van der Waals surface area contributed by atoms with Gasteiger partial charge in [-0.25, -0.2) is 0 Å². The molecule has 0 spiro atoms. The highest BCUT2D eigenvalue weighted by atomic mass is 15.0. The van der Waals surface area contributed by atoms with Crippen molar-refractivity contribution in [2.75, 3.05) is 0 Å². The fourth-order valence-corrected chi connectivity index (χ4v) is 3.67. The Balaban J connectivity index is 1.51. The summed E-state index contributed by atoms with van der Waals surface area (Å²) in [5.41, 5.74) is 2.04. The highest BCUT2D eigenvalue weighted by molar-refractivity contribution is 5.22. The molecule has 1 aromatic carbocycles. The third-order valence-electron chi connectivity index (χ3n) is 5.10. The van der Waals surface area contributed by atoms with Gasteiger partial charge in [-0.2, -0.15) is 0 Å². The van der Waals surface area contributed by atoms with E-state index in [-0.39, 0.29) is 0 Å². The monoisotopic (exact) mass is 243 g/mol. The zero-order valence-corrected chi connectivity index (χ0v) is 11.7. The fraction of sp³-hybridized carbons (Fsp3) is 0.647. The molecule has 0 heterocycles. The molecule has 2 aliphatic rings. The van der Waals surface area contributed by atoms with Crippen molar-refractivity contribution in [1.82, 2.24) is 5.32 Å². The fourth-order valence-electron chi connectivity index (χ4n) is 3.67. The lowest BCUT2D eigenvalue weighted by atomic mass is 9.74. The quantitative estimate of drug-likeness (QED) is 0.842. The third kappa shape index (κ3) is 2.33. The average molecular weight is 243 g/mol. The van der Waals surface area contributed by atoms with Crippen LogP contribution in [0.1, 0.15) is 57.4 Å². The van der Waals surface area contributed by atoms with Crippen LogP contribution in [0.4, 0.5) is 0 Å². The summed E-state index contributed by atoms with van der Waals surface area (Å²) in [4.78, 5) is 0. The normalized spacial score (nSPS) is 34.2. The molecular formula is C17H25N. The van der Waals surface area contributed by atoms with Crippen LogP contribution in [0.3, 0.4) is 0 Å². The topological polar surface area (TPSA) is 12.0 Å². The first-order valence-corrected chi connectivity index (χ1v) is 7.46. The van der Waals surface area contributed by atoms with Gasteiger partial charge in [-0.15, -0.1) is 0 Å². The van der Waals surface area contributed by atoms with Crippen molar-refractivity contribution in [2.24, 2.45) is 5.41 Å². The molecule has 0 amide bonds. The maximum absolute atomic E-state index is 3.91. The molecule has 2 saturated carbocycles. The zero-order chi connectivity index (χ0) is 12.6. The first-order valence-electron chi connectivity index (χ1n) is 7.46. The van der Waals surface area contributed by atoms with Crippen molar-refractivity contribution in [3.8, 4) is 0 Å². The van der Waals surface area contributed by atoms with Crippen LogP contribution in [-0.4, -0.2) is 12.1 Å². The van der Waals surface area contributed by atoms with E-state index in [0.29, 0.717) is 5.41 Å². The number of hydrogen-bond donors (Lipinski definition) is 1. The van der Waals surface area contributed by atoms with Crippen LogP contribution in [0.2, 0.25) is 0 Å². The summed E-state index contributed by atoms with van der Waals surface area (Å²) in [6.07, 6.45) is 6.83. The van der Waals surface area contributed by atoms with Crippen molar-refractivity contribution in [3.05, 3.63) is 35.9 Å². The summed E-state index contributed by atoms with van der Waals surface area (Å²) in [5, 5.41) is 3.91. The molecule has 98 valence electrons. The lowest BCUT2D eigenvalue weighted by Crippen LogP contribution is -2.49. The van der Waals surface area contributed by atoms with Gasteiger partial charge >= 0.3 is 0 Å². The Bertz CT molecular complexity index is 389. The Morgan fingerprint density at radius 3 is 2.44 bits per heavy atom. The van der Waals surface area contributed by atoms with Crippen molar-refractivity contribution < 1.29 is 0 Å². The number of benzene rings is 1. The van der Waals surface area contributed by atoms with E-state index in [9.17, 15) is 0 Å². The van der Waals surface area contributed by atoms with Crippen LogP contribution >= 0.6 is 0 Å². The Morgan fingerprint density at radius 1 is 1.11 bits per heavy atom. The number of nitrogens with one attached hydrogen (secondary N) is 1. The minimum Gasteiger partial charge on any atom is -0.311 e. The van der Waals surface area contributed by atoms with Gasteiger partial charge in [-0.1, -0.05) is 50.6 Å². The molecule has 1 aromatic rings. The summed E-state index contributed by atoms with van der Waals surface area (Å²) >= 11 is 0. The maximum Gasteiger partial charge on any atom is 0.0121 e. The predicted molar refractivity (Wildman–Crippen MR) is 76.8 cm³/mol. The van der Waals surface area contributed by atoms with E-state index in [4.69, 9.17) is 0 Å². The molecule has 18 heavy (non-hydrogen) atoms. The van der Waals surface area contributed by atoms with E-state index >= 15 is 0 Å². The first kappa shape index (κ1) is 12.2. The summed E-state index contributed by atoms with van der Waals surface area (Å²) < 4.78 is 0. The zero-order valence-electron chi connectivity index (χ0n) is 11.7. The van der Waals surface area contributed by atoms with Gasteiger partial charge < -0.3 is 5.32 Å². The molecule has 1 heteroatoms. The smallest absolute Gasteiger partial charge is 0.0121 e. The lowest BCUT2D eigenvalue weighted by molar-refractivity contribution is 0.202. The summed E-state index contributed by atoms with van der Waals surface area (Å²) in [5.74, 6) is 0.799. The molecule has 3 rings (SSSR count). The molecule has 2 fully saturated rings. The van der Waals surface area contributed by atoms with Crippen LogP contribution in [-0.2, 0) is 0 Å². The SMILES string of the molecule is CC1(C)CCCC1NC1CC(c2ccccc2)C1. The standard InChI is InChI=1S/C17H25N/c1-17(2)10-6-9-16(17)18-15-11-14(12-15)13-7-4-3-5-8-13/h3-5,7-8,14-16,18H,6,9-12H2,1-2H3. The van der Waals surface area contributed by atoms with Gasteiger partial charge in [0.25, 0.3) is 0 Å². The Morgan fingerprint density at radius 2 is 1.83 bits per heavy atom. The number of rotatable bonds is 3. The van der Waals surface area contributed by atoms with Crippen LogP contribution in [0.5, 0.6) is 0 Å². The molecular weight excluding hydrogens is 218 g/mol. The van der Waals surface area contributed by atoms with Gasteiger partial charge in [0, 0.05) is 12.1 Å². The van der Waals surface area contributed by atoms with Gasteiger partial charge in [-0.3, -0.25) is 0 Å². The van der Waals surface area contributed by atoms with E-state index in [1.165, 1.54) is 37.7 Å². The van der Waals surface area contributed by atoms with E-state index in [0.717, 1.165) is 18.0 Å². The van der Waals surface area contributed by atoms with Crippen molar-refractivity contribution in [3.63, 3.8) is 0 Å². The second-order valence-corrected chi connectivity index (χ2v) is 6.88. The first-order chi connectivity index (χ1) is 8.65. The summed E-state index contributed by atoms with van der Waals surface area (Å²) in [6, 6.07) is 12.5. The lowest BCUT2D eigenvalue weighted by Gasteiger charge is -2.41. The molecule has 0 aromatic heterocycles. The summed E-state index contributed by atoms with van der Waals surface area (Å²) in [7, 11) is 0. The van der Waals surface area contributed by atoms with Gasteiger partial charge in [0.2, 0.25) is 0 Å². The third-order valence-corrected chi connectivity index (χ3v) is 5.10. The van der Waals surface area contributed by atoms with Crippen LogP contribution < -0.4 is 5.32 Å². The molecule has 1 unspecified atom stereocenters. The predicted octanol–water partition coefficient (Wildman–Crippen LogP) is 4.10. The Hall–Kier alpha value is -0.820. The van der Waals surface area contributed by atoms with E-state index in [1.807, 2.05) is 0 Å². The highest BCUT2D eigenvalue weighted by Crippen LogP contribution is 2.41. The van der Waals surface area contributed by atoms with Crippen LogP contribution in [0.15, 0.2) is 30.3 Å². The molecule has 2 aliphatic carbocycles. The van der Waals surface area contributed by atoms with Gasteiger partial charge in [-0.05, 0) is 42.6 Å². The van der Waals surface area contributed by atoms with E-state index in [1.54, 1.807) is 0 Å². The van der Waals surface area contributed by atoms with E-state index in [2.05, 4.69) is 49.5 Å². The molecule has 0 bridgehead atoms. The summed E-state index contributed by atoms with van der Waals surface area (Å²) in [6.45, 7) is 4.84. The van der Waals surface area contributed by atoms with E-state index < -0.39 is 0 Å². The molecule has 1 atom stereocenters. The molecule has 0 radical (unpaired) electrons. The Labute approximate surface area is 111 Å². The highest BCUT2D eigenvalue weighted by Gasteiger charge is 2.38. The average Bonchev–Trinajstić information content (AvgIpc) is 2.63. The van der Waals surface area contributed by atoms with Gasteiger partial charge in [0.05, 0.1) is 0 Å². The molecule has 0 saturated heterocycles. The van der Waals surface area contributed by atoms with Crippen molar-refractivity contribution in [2.45, 2.75) is 64.0 Å². The molecule has 1 N–H and O–H groups in total. The van der Waals surface area contributed by atoms with Gasteiger partial charge in [0.1, 0.15) is 0 Å². The second kappa shape index (κ2) is 4.70. The minimum absolute atomic E-state index is 0.512. The Kier molecular flexibility index (Phi) is 3.19. The van der Waals surface area contributed by atoms with Gasteiger partial charge in [0.15, 0.2) is 0 Å². The van der Waals surface area contributed by atoms with Crippen LogP contribution in [0.25, 0.3) is 0 Å².